The molecule has 1 fully saturated rings. The van der Waals surface area contributed by atoms with Gasteiger partial charge in [0.25, 0.3) is 11.5 Å². The first-order chi connectivity index (χ1) is 8.97. The maximum absolute atomic E-state index is 12.5. The molecule has 0 spiro atoms. The highest BCUT2D eigenvalue weighted by Gasteiger charge is 2.31. The van der Waals surface area contributed by atoms with Gasteiger partial charge in [-0.25, -0.2) is 4.68 Å². The van der Waals surface area contributed by atoms with Gasteiger partial charge >= 0.3 is 0 Å². The number of nitrogens with zero attached hydrogens (tertiary/aromatic N) is 3. The second kappa shape index (κ2) is 5.13. The van der Waals surface area contributed by atoms with Crippen LogP contribution in [0.3, 0.4) is 0 Å². The Labute approximate surface area is 111 Å². The summed E-state index contributed by atoms with van der Waals surface area (Å²) in [5.41, 5.74) is 1.09. The molecule has 6 heteroatoms. The summed E-state index contributed by atoms with van der Waals surface area (Å²) in [6.07, 6.45) is 1.64. The fourth-order valence-electron chi connectivity index (χ4n) is 2.54. The van der Waals surface area contributed by atoms with Crippen molar-refractivity contribution in [1.29, 1.82) is 0 Å². The van der Waals surface area contributed by atoms with Gasteiger partial charge in [0.1, 0.15) is 5.56 Å². The summed E-state index contributed by atoms with van der Waals surface area (Å²) in [4.78, 5) is 26.3. The van der Waals surface area contributed by atoms with Crippen LogP contribution in [-0.2, 0) is 7.05 Å². The van der Waals surface area contributed by atoms with E-state index in [2.05, 4.69) is 5.10 Å². The van der Waals surface area contributed by atoms with Crippen LogP contribution in [0, 0.1) is 13.8 Å². The lowest BCUT2D eigenvalue weighted by molar-refractivity contribution is 0.0674. The van der Waals surface area contributed by atoms with E-state index in [9.17, 15) is 14.7 Å². The largest absolute Gasteiger partial charge is 0.394 e. The lowest BCUT2D eigenvalue weighted by Crippen LogP contribution is -2.42. The lowest BCUT2D eigenvalue weighted by atomic mass is 10.1. The number of rotatable bonds is 2. The van der Waals surface area contributed by atoms with Crippen LogP contribution in [-0.4, -0.2) is 44.9 Å². The quantitative estimate of drug-likeness (QED) is 0.816. The van der Waals surface area contributed by atoms with Crippen molar-refractivity contribution in [3.05, 3.63) is 27.2 Å². The Bertz CT molecular complexity index is 565. The van der Waals surface area contributed by atoms with Gasteiger partial charge in [0.05, 0.1) is 18.3 Å². The lowest BCUT2D eigenvalue weighted by Gasteiger charge is -2.23. The minimum atomic E-state index is -0.378. The zero-order valence-electron chi connectivity index (χ0n) is 11.5. The number of likely N-dealkylation sites (tertiary alicyclic amines) is 1. The molecule has 2 heterocycles. The van der Waals surface area contributed by atoms with Crippen LogP contribution in [0.1, 0.15) is 34.5 Å². The first-order valence-electron chi connectivity index (χ1n) is 6.43. The second-order valence-electron chi connectivity index (χ2n) is 4.99. The number of aryl methyl sites for hydroxylation is 2. The Balaban J connectivity index is 2.47. The topological polar surface area (TPSA) is 75.4 Å². The zero-order chi connectivity index (χ0) is 14.2. The average molecular weight is 265 g/mol. The number of aromatic nitrogens is 2. The van der Waals surface area contributed by atoms with Crippen LogP contribution >= 0.6 is 0 Å². The zero-order valence-corrected chi connectivity index (χ0v) is 11.5. The highest BCUT2D eigenvalue weighted by molar-refractivity contribution is 5.95. The highest BCUT2D eigenvalue weighted by Crippen LogP contribution is 2.20. The molecule has 0 bridgehead atoms. The van der Waals surface area contributed by atoms with Crippen molar-refractivity contribution < 1.29 is 9.90 Å². The highest BCUT2D eigenvalue weighted by atomic mass is 16.3. The molecule has 6 nitrogen and oxygen atoms in total. The monoisotopic (exact) mass is 265 g/mol. The second-order valence-corrected chi connectivity index (χ2v) is 4.99. The van der Waals surface area contributed by atoms with Crippen molar-refractivity contribution in [3.8, 4) is 0 Å². The molecule has 19 heavy (non-hydrogen) atoms. The maximum atomic E-state index is 12.5. The van der Waals surface area contributed by atoms with Crippen molar-refractivity contribution in [3.63, 3.8) is 0 Å². The molecule has 1 aromatic heterocycles. The van der Waals surface area contributed by atoms with Crippen molar-refractivity contribution in [2.75, 3.05) is 13.2 Å². The van der Waals surface area contributed by atoms with Crippen LogP contribution in [0.25, 0.3) is 0 Å². The van der Waals surface area contributed by atoms with Crippen molar-refractivity contribution in [2.24, 2.45) is 7.05 Å². The van der Waals surface area contributed by atoms with Gasteiger partial charge in [-0.05, 0) is 32.3 Å². The van der Waals surface area contributed by atoms with E-state index in [0.717, 1.165) is 12.8 Å². The third kappa shape index (κ3) is 2.28. The van der Waals surface area contributed by atoms with Gasteiger partial charge in [0.2, 0.25) is 0 Å². The summed E-state index contributed by atoms with van der Waals surface area (Å²) >= 11 is 0. The van der Waals surface area contributed by atoms with E-state index in [1.54, 1.807) is 25.8 Å². The van der Waals surface area contributed by atoms with Crippen molar-refractivity contribution in [1.82, 2.24) is 14.7 Å². The van der Waals surface area contributed by atoms with E-state index >= 15 is 0 Å². The molecule has 0 saturated carbocycles. The SMILES string of the molecule is Cc1nn(C)c(=O)c(C(=O)N2CCC[C@H]2CO)c1C. The molecular weight excluding hydrogens is 246 g/mol. The molecule has 0 unspecified atom stereocenters. The summed E-state index contributed by atoms with van der Waals surface area (Å²) in [7, 11) is 1.54. The third-order valence-corrected chi connectivity index (χ3v) is 3.79. The number of hydrogen-bond acceptors (Lipinski definition) is 4. The molecule has 1 saturated heterocycles. The van der Waals surface area contributed by atoms with Crippen LogP contribution in [0.2, 0.25) is 0 Å². The number of carbonyl (C=O) groups excluding carboxylic acids is 1. The fourth-order valence-corrected chi connectivity index (χ4v) is 2.54. The number of amides is 1. The van der Waals surface area contributed by atoms with Crippen molar-refractivity contribution >= 4 is 5.91 Å². The number of carbonyl (C=O) groups is 1. The van der Waals surface area contributed by atoms with E-state index < -0.39 is 0 Å². The molecule has 1 aliphatic rings. The van der Waals surface area contributed by atoms with Crippen LogP contribution in [0.4, 0.5) is 0 Å². The minimum Gasteiger partial charge on any atom is -0.394 e. The number of aliphatic hydroxyl groups excluding tert-OH is 1. The molecule has 1 amide bonds. The van der Waals surface area contributed by atoms with Gasteiger partial charge in [0.15, 0.2) is 0 Å². The van der Waals surface area contributed by atoms with Gasteiger partial charge in [-0.1, -0.05) is 0 Å². The fraction of sp³-hybridized carbons (Fsp3) is 0.615. The van der Waals surface area contributed by atoms with Gasteiger partial charge < -0.3 is 10.0 Å². The summed E-state index contributed by atoms with van der Waals surface area (Å²) in [5, 5.41) is 13.4. The first-order valence-corrected chi connectivity index (χ1v) is 6.43. The third-order valence-electron chi connectivity index (χ3n) is 3.79. The normalized spacial score (nSPS) is 18.9. The Morgan fingerprint density at radius 2 is 2.16 bits per heavy atom. The van der Waals surface area contributed by atoms with Gasteiger partial charge in [-0.15, -0.1) is 0 Å². The molecule has 1 N–H and O–H groups in total. The molecule has 0 radical (unpaired) electrons. The molecule has 1 aliphatic heterocycles. The van der Waals surface area contributed by atoms with Crippen LogP contribution in [0.15, 0.2) is 4.79 Å². The van der Waals surface area contributed by atoms with E-state index in [4.69, 9.17) is 0 Å². The first kappa shape index (κ1) is 13.7. The van der Waals surface area contributed by atoms with E-state index in [0.29, 0.717) is 17.8 Å². The number of aliphatic hydroxyl groups is 1. The Morgan fingerprint density at radius 3 is 2.79 bits per heavy atom. The summed E-state index contributed by atoms with van der Waals surface area (Å²) < 4.78 is 1.19. The molecule has 2 rings (SSSR count). The predicted molar refractivity (Wildman–Crippen MR) is 70.1 cm³/mol. The van der Waals surface area contributed by atoms with Crippen LogP contribution in [0.5, 0.6) is 0 Å². The number of hydrogen-bond donors (Lipinski definition) is 1. The van der Waals surface area contributed by atoms with Gasteiger partial charge in [-0.3, -0.25) is 9.59 Å². The van der Waals surface area contributed by atoms with E-state index in [1.165, 1.54) is 4.68 Å². The van der Waals surface area contributed by atoms with Crippen molar-refractivity contribution in [2.45, 2.75) is 32.7 Å². The van der Waals surface area contributed by atoms with Gasteiger partial charge in [-0.2, -0.15) is 5.10 Å². The van der Waals surface area contributed by atoms with Crippen LogP contribution < -0.4 is 5.56 Å². The Kier molecular flexibility index (Phi) is 3.71. The summed E-state index contributed by atoms with van der Waals surface area (Å²) in [6, 6.07) is -0.176. The molecule has 104 valence electrons. The molecule has 0 aromatic carbocycles. The molecule has 0 aliphatic carbocycles. The molecular formula is C13H19N3O3. The Hall–Kier alpha value is -1.69. The van der Waals surface area contributed by atoms with E-state index in [-0.39, 0.29) is 29.7 Å². The average Bonchev–Trinajstić information content (AvgIpc) is 2.84. The minimum absolute atomic E-state index is 0.0603. The van der Waals surface area contributed by atoms with E-state index in [1.807, 2.05) is 0 Å². The Morgan fingerprint density at radius 1 is 1.47 bits per heavy atom. The summed E-state index contributed by atoms with van der Waals surface area (Å²) in [6.45, 7) is 4.04. The standard InChI is InChI=1S/C13H19N3O3/c1-8-9(2)14-15(3)12(18)11(8)13(19)16-6-4-5-10(16)7-17/h10,17H,4-7H2,1-3H3/t10-/m0/s1. The molecule has 1 aromatic rings. The van der Waals surface area contributed by atoms with Gasteiger partial charge in [0, 0.05) is 13.6 Å². The summed E-state index contributed by atoms with van der Waals surface area (Å²) in [5.74, 6) is -0.292. The smallest absolute Gasteiger partial charge is 0.279 e. The maximum Gasteiger partial charge on any atom is 0.279 e. The predicted octanol–water partition coefficient (Wildman–Crippen LogP) is -0.00596. The molecule has 1 atom stereocenters.